The Morgan fingerprint density at radius 3 is 2.52 bits per heavy atom. The van der Waals surface area contributed by atoms with Crippen LogP contribution in [0.15, 0.2) is 67.0 Å². The van der Waals surface area contributed by atoms with Gasteiger partial charge in [-0.15, -0.1) is 0 Å². The molecular formula is C18H12N4O2S. The maximum absolute atomic E-state index is 11.3. The van der Waals surface area contributed by atoms with E-state index in [4.69, 9.17) is 12.2 Å². The van der Waals surface area contributed by atoms with Crippen molar-refractivity contribution in [1.82, 2.24) is 14.4 Å². The molecule has 25 heavy (non-hydrogen) atoms. The Balaban J connectivity index is 1.93. The molecule has 7 heteroatoms. The number of nitrogens with zero attached hydrogens (tertiary/aromatic N) is 3. The highest BCUT2D eigenvalue weighted by atomic mass is 32.1. The van der Waals surface area contributed by atoms with Crippen molar-refractivity contribution in [2.45, 2.75) is 0 Å². The largest absolute Gasteiger partial charge is 0.323 e. The number of fused-ring (bicyclic) bond motifs is 1. The highest BCUT2D eigenvalue weighted by Gasteiger charge is 2.17. The van der Waals surface area contributed by atoms with Crippen LogP contribution in [-0.2, 0) is 0 Å². The summed E-state index contributed by atoms with van der Waals surface area (Å²) in [6.07, 6.45) is 3.43. The zero-order valence-corrected chi connectivity index (χ0v) is 13.7. The lowest BCUT2D eigenvalue weighted by atomic mass is 10.1. The van der Waals surface area contributed by atoms with Crippen molar-refractivity contribution < 1.29 is 4.92 Å². The molecule has 2 aromatic heterocycles. The van der Waals surface area contributed by atoms with Crippen molar-refractivity contribution in [3.05, 3.63) is 81.7 Å². The lowest BCUT2D eigenvalue weighted by molar-refractivity contribution is -0.384. The molecule has 0 aliphatic heterocycles. The van der Waals surface area contributed by atoms with Gasteiger partial charge in [0.1, 0.15) is 4.64 Å². The number of para-hydroxylation sites is 1. The van der Waals surface area contributed by atoms with Gasteiger partial charge < -0.3 is 4.98 Å². The summed E-state index contributed by atoms with van der Waals surface area (Å²) in [7, 11) is 0. The Kier molecular flexibility index (Phi) is 3.62. The van der Waals surface area contributed by atoms with Crippen molar-refractivity contribution in [2.75, 3.05) is 0 Å². The van der Waals surface area contributed by atoms with Crippen molar-refractivity contribution in [3.8, 4) is 22.4 Å². The summed E-state index contributed by atoms with van der Waals surface area (Å²) in [4.78, 5) is 18.5. The molecule has 0 radical (unpaired) electrons. The molecule has 122 valence electrons. The molecule has 1 N–H and O–H groups in total. The number of hydrogen-bond acceptors (Lipinski definition) is 4. The summed E-state index contributed by atoms with van der Waals surface area (Å²) >= 11 is 5.57. The van der Waals surface area contributed by atoms with Gasteiger partial charge in [0.25, 0.3) is 5.69 Å². The SMILES string of the molecule is O=[N+]([O-])c1ccccc1-c1cnc2[nH]c(-c3ccccc3)cn2c1=S. The van der Waals surface area contributed by atoms with E-state index in [9.17, 15) is 10.1 Å². The third-order valence-corrected chi connectivity index (χ3v) is 4.39. The van der Waals surface area contributed by atoms with Gasteiger partial charge in [0.15, 0.2) is 0 Å². The third-order valence-electron chi connectivity index (χ3n) is 3.97. The second-order valence-electron chi connectivity index (χ2n) is 5.48. The number of hydrogen-bond donors (Lipinski definition) is 1. The van der Waals surface area contributed by atoms with Crippen LogP contribution in [0.4, 0.5) is 5.69 Å². The van der Waals surface area contributed by atoms with E-state index < -0.39 is 4.92 Å². The van der Waals surface area contributed by atoms with E-state index in [0.29, 0.717) is 21.5 Å². The van der Waals surface area contributed by atoms with E-state index in [-0.39, 0.29) is 5.69 Å². The van der Waals surface area contributed by atoms with Gasteiger partial charge in [-0.1, -0.05) is 54.7 Å². The predicted octanol–water partition coefficient (Wildman–Crippen LogP) is 4.63. The fourth-order valence-electron chi connectivity index (χ4n) is 2.77. The van der Waals surface area contributed by atoms with Gasteiger partial charge in [0.2, 0.25) is 5.78 Å². The molecule has 2 aromatic carbocycles. The normalized spacial score (nSPS) is 10.9. The number of rotatable bonds is 3. The first-order valence-corrected chi connectivity index (χ1v) is 7.95. The van der Waals surface area contributed by atoms with E-state index in [2.05, 4.69) is 9.97 Å². The summed E-state index contributed by atoms with van der Waals surface area (Å²) in [5, 5.41) is 11.3. The standard InChI is InChI=1S/C18H12N4O2S/c23-22(24)16-9-5-4-8-13(16)14-10-19-18-20-15(11-21(18)17(14)25)12-6-2-1-3-7-12/h1-11H,(H,19,20). The summed E-state index contributed by atoms with van der Waals surface area (Å²) in [5.74, 6) is 0.589. The van der Waals surface area contributed by atoms with Gasteiger partial charge in [-0.3, -0.25) is 14.5 Å². The van der Waals surface area contributed by atoms with Crippen LogP contribution in [-0.4, -0.2) is 19.3 Å². The van der Waals surface area contributed by atoms with E-state index in [1.807, 2.05) is 36.5 Å². The highest BCUT2D eigenvalue weighted by molar-refractivity contribution is 7.71. The number of H-pyrrole nitrogens is 1. The highest BCUT2D eigenvalue weighted by Crippen LogP contribution is 2.30. The smallest absolute Gasteiger partial charge is 0.277 e. The van der Waals surface area contributed by atoms with Crippen molar-refractivity contribution in [1.29, 1.82) is 0 Å². The molecular weight excluding hydrogens is 336 g/mol. The average molecular weight is 348 g/mol. The molecule has 0 fully saturated rings. The van der Waals surface area contributed by atoms with Gasteiger partial charge >= 0.3 is 0 Å². The number of nitro groups is 1. The quantitative estimate of drug-likeness (QED) is 0.332. The first-order chi connectivity index (χ1) is 12.1. The Labute approximate surface area is 147 Å². The molecule has 0 aliphatic carbocycles. The molecule has 0 saturated heterocycles. The number of nitro benzene ring substituents is 1. The van der Waals surface area contributed by atoms with E-state index >= 15 is 0 Å². The average Bonchev–Trinajstić information content (AvgIpc) is 3.08. The van der Waals surface area contributed by atoms with Crippen LogP contribution >= 0.6 is 12.2 Å². The molecule has 4 aromatic rings. The van der Waals surface area contributed by atoms with Crippen LogP contribution in [0.5, 0.6) is 0 Å². The molecule has 0 atom stereocenters. The molecule has 0 unspecified atom stereocenters. The van der Waals surface area contributed by atoms with Gasteiger partial charge in [0.05, 0.1) is 16.2 Å². The zero-order chi connectivity index (χ0) is 17.4. The number of benzene rings is 2. The molecule has 2 heterocycles. The molecule has 0 aliphatic rings. The predicted molar refractivity (Wildman–Crippen MR) is 97.9 cm³/mol. The Morgan fingerprint density at radius 1 is 1.04 bits per heavy atom. The number of aromatic nitrogens is 3. The van der Waals surface area contributed by atoms with Crippen molar-refractivity contribution in [2.24, 2.45) is 0 Å². The van der Waals surface area contributed by atoms with Crippen molar-refractivity contribution >= 4 is 23.7 Å². The summed E-state index contributed by atoms with van der Waals surface area (Å²) in [5.41, 5.74) is 2.91. The second kappa shape index (κ2) is 5.95. The Bertz CT molecular complexity index is 1150. The zero-order valence-electron chi connectivity index (χ0n) is 12.9. The fraction of sp³-hybridized carbons (Fsp3) is 0. The Hall–Kier alpha value is -3.32. The number of aromatic amines is 1. The van der Waals surface area contributed by atoms with Gasteiger partial charge in [-0.05, 0) is 11.6 Å². The summed E-state index contributed by atoms with van der Waals surface area (Å²) < 4.78 is 2.21. The first kappa shape index (κ1) is 15.2. The maximum atomic E-state index is 11.3. The van der Waals surface area contributed by atoms with Crippen LogP contribution in [0.1, 0.15) is 0 Å². The van der Waals surface area contributed by atoms with Crippen LogP contribution in [0.2, 0.25) is 0 Å². The first-order valence-electron chi connectivity index (χ1n) is 7.55. The second-order valence-corrected chi connectivity index (χ2v) is 5.87. The Morgan fingerprint density at radius 2 is 1.76 bits per heavy atom. The summed E-state index contributed by atoms with van der Waals surface area (Å²) in [6.45, 7) is 0. The third kappa shape index (κ3) is 2.60. The molecule has 0 bridgehead atoms. The minimum atomic E-state index is -0.411. The topological polar surface area (TPSA) is 76.2 Å². The van der Waals surface area contributed by atoms with Crippen LogP contribution in [0.25, 0.3) is 28.2 Å². The minimum Gasteiger partial charge on any atom is -0.323 e. The van der Waals surface area contributed by atoms with Crippen molar-refractivity contribution in [3.63, 3.8) is 0 Å². The molecule has 0 saturated carbocycles. The molecule has 0 amide bonds. The minimum absolute atomic E-state index is 0.00849. The van der Waals surface area contributed by atoms with Crippen LogP contribution in [0.3, 0.4) is 0 Å². The lowest BCUT2D eigenvalue weighted by Gasteiger charge is -2.04. The van der Waals surface area contributed by atoms with Gasteiger partial charge in [0, 0.05) is 24.0 Å². The number of nitrogens with one attached hydrogen (secondary N) is 1. The molecule has 4 rings (SSSR count). The summed E-state index contributed by atoms with van der Waals surface area (Å²) in [6, 6.07) is 16.3. The maximum Gasteiger partial charge on any atom is 0.277 e. The number of imidazole rings is 1. The lowest BCUT2D eigenvalue weighted by Crippen LogP contribution is -1.96. The van der Waals surface area contributed by atoms with Gasteiger partial charge in [-0.25, -0.2) is 4.98 Å². The van der Waals surface area contributed by atoms with E-state index in [0.717, 1.165) is 11.3 Å². The van der Waals surface area contributed by atoms with Crippen LogP contribution < -0.4 is 0 Å². The fourth-order valence-corrected chi connectivity index (χ4v) is 3.07. The molecule has 6 nitrogen and oxygen atoms in total. The van der Waals surface area contributed by atoms with Crippen LogP contribution in [0, 0.1) is 14.8 Å². The monoisotopic (exact) mass is 348 g/mol. The van der Waals surface area contributed by atoms with E-state index in [1.165, 1.54) is 6.07 Å². The van der Waals surface area contributed by atoms with Gasteiger partial charge in [-0.2, -0.15) is 0 Å². The molecule has 0 spiro atoms. The van der Waals surface area contributed by atoms with E-state index in [1.54, 1.807) is 28.8 Å².